The maximum Gasteiger partial charge on any atom is 0.309 e. The van der Waals surface area contributed by atoms with Crippen LogP contribution >= 0.6 is 11.3 Å². The maximum atomic E-state index is 12.7. The van der Waals surface area contributed by atoms with Crippen molar-refractivity contribution in [3.8, 4) is 5.75 Å². The summed E-state index contributed by atoms with van der Waals surface area (Å²) in [6.07, 6.45) is 0.641. The minimum Gasteiger partial charge on any atom is -0.497 e. The highest BCUT2D eigenvalue weighted by Crippen LogP contribution is 2.30. The van der Waals surface area contributed by atoms with Crippen molar-refractivity contribution in [1.29, 1.82) is 0 Å². The average Bonchev–Trinajstić information content (AvgIpc) is 3.44. The van der Waals surface area contributed by atoms with Gasteiger partial charge in [-0.3, -0.25) is 14.5 Å². The van der Waals surface area contributed by atoms with E-state index in [1.54, 1.807) is 18.4 Å². The van der Waals surface area contributed by atoms with Crippen LogP contribution < -0.4 is 20.3 Å². The molecule has 1 aromatic heterocycles. The molecule has 2 N–H and O–H groups in total. The first-order valence-corrected chi connectivity index (χ1v) is 13.2. The highest BCUT2D eigenvalue weighted by molar-refractivity contribution is 7.10. The first-order valence-electron chi connectivity index (χ1n) is 12.3. The molecule has 1 saturated heterocycles. The lowest BCUT2D eigenvalue weighted by atomic mass is 10.0. The Bertz CT molecular complexity index is 1100. The van der Waals surface area contributed by atoms with Gasteiger partial charge in [-0.25, -0.2) is 0 Å². The van der Waals surface area contributed by atoms with Gasteiger partial charge in [0.05, 0.1) is 13.2 Å². The summed E-state index contributed by atoms with van der Waals surface area (Å²) in [5, 5.41) is 7.76. The number of thiophene rings is 1. The fraction of sp³-hybridized carbons (Fsp3) is 0.357. The zero-order valence-corrected chi connectivity index (χ0v) is 21.7. The van der Waals surface area contributed by atoms with Crippen LogP contribution in [0.3, 0.4) is 0 Å². The van der Waals surface area contributed by atoms with E-state index in [0.717, 1.165) is 37.5 Å². The quantitative estimate of drug-likeness (QED) is 0.435. The van der Waals surface area contributed by atoms with Crippen molar-refractivity contribution in [3.63, 3.8) is 0 Å². The van der Waals surface area contributed by atoms with E-state index < -0.39 is 11.8 Å². The number of methoxy groups -OCH3 is 1. The molecule has 1 fully saturated rings. The minimum atomic E-state index is -0.603. The Morgan fingerprint density at radius 1 is 0.944 bits per heavy atom. The lowest BCUT2D eigenvalue weighted by Crippen LogP contribution is -2.53. The van der Waals surface area contributed by atoms with Gasteiger partial charge in [0, 0.05) is 49.3 Å². The van der Waals surface area contributed by atoms with Crippen molar-refractivity contribution in [3.05, 3.63) is 82.6 Å². The van der Waals surface area contributed by atoms with Gasteiger partial charge in [-0.15, -0.1) is 11.3 Å². The Balaban J connectivity index is 1.31. The van der Waals surface area contributed by atoms with E-state index >= 15 is 0 Å². The van der Waals surface area contributed by atoms with E-state index in [1.165, 1.54) is 10.6 Å². The molecule has 2 aromatic carbocycles. The summed E-state index contributed by atoms with van der Waals surface area (Å²) in [7, 11) is 1.63. The first kappa shape index (κ1) is 25.7. The van der Waals surface area contributed by atoms with E-state index in [9.17, 15) is 9.59 Å². The van der Waals surface area contributed by atoms with Gasteiger partial charge < -0.3 is 20.3 Å². The summed E-state index contributed by atoms with van der Waals surface area (Å²) in [6, 6.07) is 22.1. The molecule has 1 aliphatic rings. The van der Waals surface area contributed by atoms with E-state index in [0.29, 0.717) is 13.0 Å². The van der Waals surface area contributed by atoms with Crippen LogP contribution in [-0.4, -0.2) is 62.6 Å². The number of carbonyl (C=O) groups excluding carboxylic acids is 2. The number of piperazine rings is 1. The molecule has 8 heteroatoms. The topological polar surface area (TPSA) is 73.9 Å². The summed E-state index contributed by atoms with van der Waals surface area (Å²) in [5.74, 6) is -0.408. The second-order valence-electron chi connectivity index (χ2n) is 8.93. The molecule has 0 bridgehead atoms. The number of nitrogens with zero attached hydrogens (tertiary/aromatic N) is 2. The Morgan fingerprint density at radius 2 is 1.67 bits per heavy atom. The monoisotopic (exact) mass is 506 g/mol. The third-order valence-electron chi connectivity index (χ3n) is 6.56. The molecule has 3 aromatic rings. The number of benzene rings is 2. The smallest absolute Gasteiger partial charge is 0.309 e. The van der Waals surface area contributed by atoms with Crippen molar-refractivity contribution in [2.24, 2.45) is 0 Å². The lowest BCUT2D eigenvalue weighted by molar-refractivity contribution is -0.139. The number of anilines is 1. The summed E-state index contributed by atoms with van der Waals surface area (Å²) in [5.41, 5.74) is 2.30. The van der Waals surface area contributed by atoms with Crippen LogP contribution in [0.5, 0.6) is 5.75 Å². The molecule has 190 valence electrons. The molecule has 0 aliphatic carbocycles. The van der Waals surface area contributed by atoms with Crippen LogP contribution in [-0.2, 0) is 16.0 Å². The van der Waals surface area contributed by atoms with E-state index in [2.05, 4.69) is 56.1 Å². The molecule has 36 heavy (non-hydrogen) atoms. The largest absolute Gasteiger partial charge is 0.497 e. The minimum absolute atomic E-state index is 0.0129. The van der Waals surface area contributed by atoms with Gasteiger partial charge in [-0.2, -0.15) is 0 Å². The summed E-state index contributed by atoms with van der Waals surface area (Å²) in [4.78, 5) is 31.2. The van der Waals surface area contributed by atoms with Gasteiger partial charge >= 0.3 is 11.8 Å². The number of hydrogen-bond acceptors (Lipinski definition) is 6. The van der Waals surface area contributed by atoms with Gasteiger partial charge in [0.25, 0.3) is 0 Å². The molecule has 0 saturated carbocycles. The second-order valence-corrected chi connectivity index (χ2v) is 9.91. The van der Waals surface area contributed by atoms with Crippen LogP contribution in [0.2, 0.25) is 0 Å². The molecular formula is C28H34N4O3S. The lowest BCUT2D eigenvalue weighted by Gasteiger charge is -2.42. The molecule has 0 radical (unpaired) electrons. The third-order valence-corrected chi connectivity index (χ3v) is 7.50. The van der Waals surface area contributed by atoms with Crippen LogP contribution in [0.25, 0.3) is 0 Å². The number of carbonyl (C=O) groups is 2. The van der Waals surface area contributed by atoms with E-state index in [4.69, 9.17) is 4.74 Å². The first-order chi connectivity index (χ1) is 17.5. The van der Waals surface area contributed by atoms with Gasteiger partial charge in [-0.05, 0) is 54.6 Å². The molecular weight excluding hydrogens is 472 g/mol. The Morgan fingerprint density at radius 3 is 2.31 bits per heavy atom. The highest BCUT2D eigenvalue weighted by Gasteiger charge is 2.31. The predicted molar refractivity (Wildman–Crippen MR) is 145 cm³/mol. The highest BCUT2D eigenvalue weighted by atomic mass is 32.1. The van der Waals surface area contributed by atoms with Crippen molar-refractivity contribution in [2.45, 2.75) is 25.4 Å². The molecule has 0 unspecified atom stereocenters. The van der Waals surface area contributed by atoms with Crippen LogP contribution in [0.1, 0.15) is 23.4 Å². The molecule has 0 spiro atoms. The van der Waals surface area contributed by atoms with Gasteiger partial charge in [0.1, 0.15) is 5.75 Å². The number of hydrogen-bond donors (Lipinski definition) is 2. The molecule has 1 aliphatic heterocycles. The number of para-hydroxylation sites is 1. The second kappa shape index (κ2) is 12.6. The Kier molecular flexibility index (Phi) is 8.97. The zero-order valence-electron chi connectivity index (χ0n) is 20.9. The molecule has 4 rings (SSSR count). The fourth-order valence-electron chi connectivity index (χ4n) is 4.64. The van der Waals surface area contributed by atoms with Crippen molar-refractivity contribution < 1.29 is 14.3 Å². The zero-order chi connectivity index (χ0) is 25.3. The van der Waals surface area contributed by atoms with Crippen molar-refractivity contribution in [2.75, 3.05) is 44.7 Å². The fourth-order valence-corrected chi connectivity index (χ4v) is 5.61. The van der Waals surface area contributed by atoms with Gasteiger partial charge in [0.15, 0.2) is 0 Å². The van der Waals surface area contributed by atoms with Gasteiger partial charge in [0.2, 0.25) is 0 Å². The Hall–Kier alpha value is -3.36. The third kappa shape index (κ3) is 6.65. The number of nitrogens with one attached hydrogen (secondary N) is 2. The number of ether oxygens (including phenoxy) is 1. The average molecular weight is 507 g/mol. The molecule has 2 heterocycles. The Labute approximate surface area is 217 Å². The molecule has 2 amide bonds. The number of amides is 2. The number of rotatable bonds is 9. The summed E-state index contributed by atoms with van der Waals surface area (Å²) >= 11 is 1.68. The molecule has 7 nitrogen and oxygen atoms in total. The SMILES string of the molecule is COc1ccc(CCNC(=O)C(=O)N[C@H](C)[C@H](c2cccs2)N2CCN(c3ccccc3)CC2)cc1. The normalized spacial score (nSPS) is 15.7. The predicted octanol–water partition coefficient (Wildman–Crippen LogP) is 3.48. The van der Waals surface area contributed by atoms with Crippen LogP contribution in [0.15, 0.2) is 72.1 Å². The van der Waals surface area contributed by atoms with Crippen LogP contribution in [0, 0.1) is 0 Å². The van der Waals surface area contributed by atoms with E-state index in [-0.39, 0.29) is 12.1 Å². The van der Waals surface area contributed by atoms with Gasteiger partial charge in [-0.1, -0.05) is 36.4 Å². The van der Waals surface area contributed by atoms with Crippen molar-refractivity contribution in [1.82, 2.24) is 15.5 Å². The van der Waals surface area contributed by atoms with E-state index in [1.807, 2.05) is 43.3 Å². The maximum absolute atomic E-state index is 12.7. The van der Waals surface area contributed by atoms with Crippen LogP contribution in [0.4, 0.5) is 5.69 Å². The molecule has 2 atom stereocenters. The summed E-state index contributed by atoms with van der Waals surface area (Å²) < 4.78 is 5.17. The summed E-state index contributed by atoms with van der Waals surface area (Å²) in [6.45, 7) is 5.97. The standard InChI is InChI=1S/C28H34N4O3S/c1-21(30-28(34)27(33)29-15-14-22-10-12-24(35-2)13-11-22)26(25-9-6-20-36-25)32-18-16-31(17-19-32)23-7-4-3-5-8-23/h3-13,20-21,26H,14-19H2,1-2H3,(H,29,33)(H,30,34)/t21-,26-/m1/s1. The van der Waals surface area contributed by atoms with Crippen molar-refractivity contribution >= 4 is 28.8 Å².